The van der Waals surface area contributed by atoms with Crippen LogP contribution in [-0.4, -0.2) is 26.1 Å². The molecule has 0 bridgehead atoms. The summed E-state index contributed by atoms with van der Waals surface area (Å²) in [4.78, 5) is 0. The maximum absolute atomic E-state index is 11.5. The molecule has 2 saturated carbocycles. The molecule has 82 valence electrons. The summed E-state index contributed by atoms with van der Waals surface area (Å²) in [5.41, 5.74) is 0. The van der Waals surface area contributed by atoms with Crippen molar-refractivity contribution < 1.29 is 8.42 Å². The van der Waals surface area contributed by atoms with Crippen molar-refractivity contribution in [1.82, 2.24) is 4.72 Å². The van der Waals surface area contributed by atoms with Gasteiger partial charge in [-0.3, -0.25) is 0 Å². The minimum atomic E-state index is -3.05. The second kappa shape index (κ2) is 3.99. The van der Waals surface area contributed by atoms with Crippen molar-refractivity contribution in [1.29, 1.82) is 0 Å². The fourth-order valence-electron chi connectivity index (χ4n) is 1.48. The van der Waals surface area contributed by atoms with Gasteiger partial charge in [-0.2, -0.15) is 0 Å². The summed E-state index contributed by atoms with van der Waals surface area (Å²) in [7, 11) is -3.05. The molecule has 0 spiro atoms. The molecule has 3 nitrogen and oxygen atoms in total. The molecule has 1 atom stereocenters. The SMILES string of the molecule is O=S(=O)(CC1CC1)NCC(Cl)C1CC1. The van der Waals surface area contributed by atoms with Crippen LogP contribution in [0.2, 0.25) is 0 Å². The Bertz CT molecular complexity index is 296. The van der Waals surface area contributed by atoms with E-state index in [-0.39, 0.29) is 5.38 Å². The zero-order valence-electron chi connectivity index (χ0n) is 8.08. The van der Waals surface area contributed by atoms with Crippen molar-refractivity contribution in [3.8, 4) is 0 Å². The average Bonchev–Trinajstić information content (AvgIpc) is 2.91. The van der Waals surface area contributed by atoms with E-state index in [0.29, 0.717) is 24.1 Å². The second-order valence-electron chi connectivity index (χ2n) is 4.43. The lowest BCUT2D eigenvalue weighted by molar-refractivity contribution is 0.572. The zero-order valence-corrected chi connectivity index (χ0v) is 9.65. The molecule has 0 aliphatic heterocycles. The number of hydrogen-bond acceptors (Lipinski definition) is 2. The molecule has 0 aromatic carbocycles. The van der Waals surface area contributed by atoms with Gasteiger partial charge in [0.2, 0.25) is 10.0 Å². The minimum absolute atomic E-state index is 0.0102. The molecular weight excluding hydrogens is 222 g/mol. The van der Waals surface area contributed by atoms with E-state index < -0.39 is 10.0 Å². The lowest BCUT2D eigenvalue weighted by Crippen LogP contribution is -2.33. The van der Waals surface area contributed by atoms with E-state index >= 15 is 0 Å². The number of nitrogens with one attached hydrogen (secondary N) is 1. The zero-order chi connectivity index (χ0) is 10.2. The Hall–Kier alpha value is 0.200. The maximum atomic E-state index is 11.5. The van der Waals surface area contributed by atoms with E-state index in [9.17, 15) is 8.42 Å². The van der Waals surface area contributed by atoms with Crippen molar-refractivity contribution in [3.63, 3.8) is 0 Å². The molecule has 0 aromatic rings. The highest BCUT2D eigenvalue weighted by Crippen LogP contribution is 2.35. The van der Waals surface area contributed by atoms with Gasteiger partial charge in [-0.25, -0.2) is 13.1 Å². The topological polar surface area (TPSA) is 46.2 Å². The van der Waals surface area contributed by atoms with E-state index in [1.807, 2.05) is 0 Å². The fourth-order valence-corrected chi connectivity index (χ4v) is 3.41. The summed E-state index contributed by atoms with van der Waals surface area (Å²) in [5.74, 6) is 1.24. The third-order valence-electron chi connectivity index (χ3n) is 2.78. The highest BCUT2D eigenvalue weighted by atomic mass is 35.5. The summed E-state index contributed by atoms with van der Waals surface area (Å²) in [6.45, 7) is 0.404. The first kappa shape index (κ1) is 10.7. The fraction of sp³-hybridized carbons (Fsp3) is 1.00. The number of hydrogen-bond donors (Lipinski definition) is 1. The lowest BCUT2D eigenvalue weighted by Gasteiger charge is -2.09. The van der Waals surface area contributed by atoms with Gasteiger partial charge in [-0.05, 0) is 37.5 Å². The average molecular weight is 238 g/mol. The van der Waals surface area contributed by atoms with Gasteiger partial charge in [0.1, 0.15) is 0 Å². The molecule has 0 aromatic heterocycles. The van der Waals surface area contributed by atoms with Crippen molar-refractivity contribution in [2.75, 3.05) is 12.3 Å². The van der Waals surface area contributed by atoms with E-state index in [4.69, 9.17) is 11.6 Å². The third-order valence-corrected chi connectivity index (χ3v) is 4.81. The number of sulfonamides is 1. The van der Waals surface area contributed by atoms with Gasteiger partial charge in [-0.1, -0.05) is 0 Å². The van der Waals surface area contributed by atoms with Crippen LogP contribution in [0.15, 0.2) is 0 Å². The maximum Gasteiger partial charge on any atom is 0.211 e. The van der Waals surface area contributed by atoms with Gasteiger partial charge < -0.3 is 0 Å². The normalized spacial score (nSPS) is 24.9. The largest absolute Gasteiger partial charge is 0.214 e. The van der Waals surface area contributed by atoms with Crippen molar-refractivity contribution in [2.24, 2.45) is 11.8 Å². The molecule has 2 rings (SSSR count). The first-order valence-corrected chi connectivity index (χ1v) is 7.27. The third kappa shape index (κ3) is 3.41. The summed E-state index contributed by atoms with van der Waals surface area (Å²) in [6, 6.07) is 0. The highest BCUT2D eigenvalue weighted by molar-refractivity contribution is 7.89. The molecule has 1 N–H and O–H groups in total. The first-order chi connectivity index (χ1) is 6.57. The Balaban J connectivity index is 1.71. The second-order valence-corrected chi connectivity index (χ2v) is 6.84. The molecule has 0 heterocycles. The van der Waals surface area contributed by atoms with Crippen LogP contribution in [0.3, 0.4) is 0 Å². The summed E-state index contributed by atoms with van der Waals surface area (Å²) in [6.07, 6.45) is 4.43. The predicted molar refractivity (Wildman–Crippen MR) is 56.9 cm³/mol. The molecule has 2 aliphatic rings. The Morgan fingerprint density at radius 3 is 2.43 bits per heavy atom. The smallest absolute Gasteiger partial charge is 0.211 e. The molecule has 14 heavy (non-hydrogen) atoms. The first-order valence-electron chi connectivity index (χ1n) is 5.18. The molecule has 0 saturated heterocycles. The van der Waals surface area contributed by atoms with Gasteiger partial charge in [-0.15, -0.1) is 11.6 Å². The molecule has 5 heteroatoms. The highest BCUT2D eigenvalue weighted by Gasteiger charge is 2.32. The molecular formula is C9H16ClNO2S. The van der Waals surface area contributed by atoms with Crippen molar-refractivity contribution in [2.45, 2.75) is 31.1 Å². The summed E-state index contributed by atoms with van der Waals surface area (Å²) in [5, 5.41) is -0.0102. The van der Waals surface area contributed by atoms with Crippen LogP contribution in [0.4, 0.5) is 0 Å². The molecule has 1 unspecified atom stereocenters. The van der Waals surface area contributed by atoms with Crippen LogP contribution < -0.4 is 4.72 Å². The predicted octanol–water partition coefficient (Wildman–Crippen LogP) is 1.33. The minimum Gasteiger partial charge on any atom is -0.214 e. The Morgan fingerprint density at radius 1 is 1.29 bits per heavy atom. The Kier molecular flexibility index (Phi) is 3.05. The van der Waals surface area contributed by atoms with E-state index in [0.717, 1.165) is 25.7 Å². The quantitative estimate of drug-likeness (QED) is 0.709. The number of alkyl halides is 1. The lowest BCUT2D eigenvalue weighted by atomic mass is 10.3. The van der Waals surface area contributed by atoms with E-state index in [2.05, 4.69) is 4.72 Å². The van der Waals surface area contributed by atoms with Crippen LogP contribution in [0.5, 0.6) is 0 Å². The Morgan fingerprint density at radius 2 is 1.93 bits per heavy atom. The molecule has 2 aliphatic carbocycles. The monoisotopic (exact) mass is 237 g/mol. The van der Waals surface area contributed by atoms with Gasteiger partial charge in [0.25, 0.3) is 0 Å². The van der Waals surface area contributed by atoms with Crippen LogP contribution in [0, 0.1) is 11.8 Å². The van der Waals surface area contributed by atoms with Crippen LogP contribution in [-0.2, 0) is 10.0 Å². The van der Waals surface area contributed by atoms with E-state index in [1.165, 1.54) is 0 Å². The number of halogens is 1. The van der Waals surface area contributed by atoms with Gasteiger partial charge in [0.05, 0.1) is 5.75 Å². The van der Waals surface area contributed by atoms with E-state index in [1.54, 1.807) is 0 Å². The van der Waals surface area contributed by atoms with Gasteiger partial charge in [0, 0.05) is 11.9 Å². The van der Waals surface area contributed by atoms with Gasteiger partial charge in [0.15, 0.2) is 0 Å². The number of rotatable bonds is 6. The molecule has 0 amide bonds. The van der Waals surface area contributed by atoms with Crippen LogP contribution >= 0.6 is 11.6 Å². The van der Waals surface area contributed by atoms with Crippen molar-refractivity contribution >= 4 is 21.6 Å². The molecule has 2 fully saturated rings. The summed E-state index contributed by atoms with van der Waals surface area (Å²) < 4.78 is 25.5. The van der Waals surface area contributed by atoms with Crippen LogP contribution in [0.25, 0.3) is 0 Å². The van der Waals surface area contributed by atoms with Crippen LogP contribution in [0.1, 0.15) is 25.7 Å². The van der Waals surface area contributed by atoms with Gasteiger partial charge >= 0.3 is 0 Å². The Labute approximate surface area is 90.3 Å². The molecule has 0 radical (unpaired) electrons. The standard InChI is InChI=1S/C9H16ClNO2S/c10-9(8-3-4-8)5-11-14(12,13)6-7-1-2-7/h7-9,11H,1-6H2. The van der Waals surface area contributed by atoms with Crippen molar-refractivity contribution in [3.05, 3.63) is 0 Å². The summed E-state index contributed by atoms with van der Waals surface area (Å²) >= 11 is 6.01.